The fourth-order valence-corrected chi connectivity index (χ4v) is 2.26. The highest BCUT2D eigenvalue weighted by molar-refractivity contribution is 6.38. The average Bonchev–Trinajstić information content (AvgIpc) is 3.17. The Bertz CT molecular complexity index is 362. The van der Waals surface area contributed by atoms with E-state index in [0.29, 0.717) is 25.4 Å². The molecule has 5 heteroatoms. The first-order valence-electron chi connectivity index (χ1n) is 7.39. The number of nitrogens with zero attached hydrogens (tertiary/aromatic N) is 1. The van der Waals surface area contributed by atoms with Gasteiger partial charge in [0.05, 0.1) is 0 Å². The molecular weight excluding hydrogens is 256 g/mol. The van der Waals surface area contributed by atoms with Crippen molar-refractivity contribution in [3.63, 3.8) is 0 Å². The van der Waals surface area contributed by atoms with Crippen LogP contribution < -0.4 is 5.32 Å². The molecule has 20 heavy (non-hydrogen) atoms. The minimum atomic E-state index is -0.672. The summed E-state index contributed by atoms with van der Waals surface area (Å²) in [6.07, 6.45) is 2.92. The van der Waals surface area contributed by atoms with E-state index in [4.69, 9.17) is 0 Å². The van der Waals surface area contributed by atoms with E-state index in [1.54, 1.807) is 0 Å². The van der Waals surface area contributed by atoms with Gasteiger partial charge in [-0.3, -0.25) is 14.4 Å². The largest absolute Gasteiger partial charge is 0.349 e. The smallest absolute Gasteiger partial charge is 0.289 e. The van der Waals surface area contributed by atoms with E-state index in [1.807, 2.05) is 27.7 Å². The van der Waals surface area contributed by atoms with E-state index >= 15 is 0 Å². The van der Waals surface area contributed by atoms with Crippen molar-refractivity contribution in [2.24, 2.45) is 17.8 Å². The Morgan fingerprint density at radius 3 is 2.25 bits per heavy atom. The summed E-state index contributed by atoms with van der Waals surface area (Å²) in [7, 11) is 0. The van der Waals surface area contributed by atoms with Gasteiger partial charge in [-0.15, -0.1) is 0 Å². The van der Waals surface area contributed by atoms with Gasteiger partial charge in [0.2, 0.25) is 12.2 Å². The Balaban J connectivity index is 2.68. The zero-order valence-electron chi connectivity index (χ0n) is 12.9. The number of amides is 2. The summed E-state index contributed by atoms with van der Waals surface area (Å²) < 4.78 is 0. The fraction of sp³-hybridized carbons (Fsp3) is 0.800. The van der Waals surface area contributed by atoms with Gasteiger partial charge in [0.1, 0.15) is 6.04 Å². The first kappa shape index (κ1) is 16.7. The van der Waals surface area contributed by atoms with E-state index in [0.717, 1.165) is 12.8 Å². The first-order valence-corrected chi connectivity index (χ1v) is 7.39. The average molecular weight is 282 g/mol. The maximum Gasteiger partial charge on any atom is 0.289 e. The molecule has 114 valence electrons. The summed E-state index contributed by atoms with van der Waals surface area (Å²) in [6, 6.07) is -0.672. The van der Waals surface area contributed by atoms with Gasteiger partial charge in [0, 0.05) is 13.1 Å². The summed E-state index contributed by atoms with van der Waals surface area (Å²) in [5.41, 5.74) is 0. The Labute approximate surface area is 121 Å². The van der Waals surface area contributed by atoms with Crippen molar-refractivity contribution in [2.45, 2.75) is 46.6 Å². The van der Waals surface area contributed by atoms with Crippen molar-refractivity contribution < 1.29 is 14.4 Å². The van der Waals surface area contributed by atoms with Gasteiger partial charge in [0.15, 0.2) is 0 Å². The summed E-state index contributed by atoms with van der Waals surface area (Å²) in [5.74, 6) is -0.372. The third kappa shape index (κ3) is 4.94. The van der Waals surface area contributed by atoms with Gasteiger partial charge in [-0.2, -0.15) is 0 Å². The lowest BCUT2D eigenvalue weighted by atomic mass is 9.96. The van der Waals surface area contributed by atoms with Gasteiger partial charge in [-0.05, 0) is 30.6 Å². The summed E-state index contributed by atoms with van der Waals surface area (Å²) in [6.45, 7) is 8.72. The molecule has 1 N–H and O–H groups in total. The quantitative estimate of drug-likeness (QED) is 0.511. The number of hydrogen-bond donors (Lipinski definition) is 1. The zero-order chi connectivity index (χ0) is 15.3. The van der Waals surface area contributed by atoms with E-state index in [2.05, 4.69) is 5.32 Å². The van der Waals surface area contributed by atoms with Crippen LogP contribution in [0.4, 0.5) is 0 Å². The molecular formula is C15H26N2O3. The molecule has 2 amide bonds. The van der Waals surface area contributed by atoms with Gasteiger partial charge in [0.25, 0.3) is 5.91 Å². The zero-order valence-corrected chi connectivity index (χ0v) is 12.9. The van der Waals surface area contributed by atoms with Gasteiger partial charge >= 0.3 is 0 Å². The molecule has 1 aliphatic carbocycles. The normalized spacial score (nSPS) is 16.1. The Hall–Kier alpha value is -1.39. The van der Waals surface area contributed by atoms with Crippen LogP contribution in [0.5, 0.6) is 0 Å². The van der Waals surface area contributed by atoms with Crippen LogP contribution in [0.15, 0.2) is 0 Å². The van der Waals surface area contributed by atoms with E-state index < -0.39 is 17.7 Å². The molecule has 0 saturated heterocycles. The molecule has 0 aromatic carbocycles. The maximum absolute atomic E-state index is 12.3. The standard InChI is InChI=1S/C15H26N2O3/c1-10(2)8-17(9-18)13(11(3)4)14(19)15(20)16-7-12-5-6-12/h9-13H,5-8H2,1-4H3,(H,16,20). The number of carbonyl (C=O) groups excluding carboxylic acids is 3. The first-order chi connectivity index (χ1) is 9.36. The molecule has 1 rings (SSSR count). The highest BCUT2D eigenvalue weighted by atomic mass is 16.2. The maximum atomic E-state index is 12.3. The lowest BCUT2D eigenvalue weighted by Gasteiger charge is -2.30. The number of rotatable bonds is 9. The predicted octanol–water partition coefficient (Wildman–Crippen LogP) is 1.22. The highest BCUT2D eigenvalue weighted by Gasteiger charge is 2.33. The molecule has 0 spiro atoms. The summed E-state index contributed by atoms with van der Waals surface area (Å²) in [4.78, 5) is 36.9. The summed E-state index contributed by atoms with van der Waals surface area (Å²) >= 11 is 0. The summed E-state index contributed by atoms with van der Waals surface area (Å²) in [5, 5.41) is 2.68. The van der Waals surface area contributed by atoms with Crippen molar-refractivity contribution in [1.29, 1.82) is 0 Å². The van der Waals surface area contributed by atoms with E-state index in [9.17, 15) is 14.4 Å². The molecule has 0 aromatic rings. The number of carbonyl (C=O) groups is 3. The number of nitrogens with one attached hydrogen (secondary N) is 1. The van der Waals surface area contributed by atoms with Crippen LogP contribution in [0.1, 0.15) is 40.5 Å². The Morgan fingerprint density at radius 2 is 1.85 bits per heavy atom. The molecule has 1 saturated carbocycles. The molecule has 0 aromatic heterocycles. The second-order valence-corrected chi connectivity index (χ2v) is 6.40. The van der Waals surface area contributed by atoms with E-state index in [-0.39, 0.29) is 11.8 Å². The highest BCUT2D eigenvalue weighted by Crippen LogP contribution is 2.27. The molecule has 5 nitrogen and oxygen atoms in total. The number of hydrogen-bond acceptors (Lipinski definition) is 3. The minimum absolute atomic E-state index is 0.0851. The molecule has 0 bridgehead atoms. The van der Waals surface area contributed by atoms with Crippen LogP contribution in [0.3, 0.4) is 0 Å². The molecule has 1 fully saturated rings. The van der Waals surface area contributed by atoms with Crippen LogP contribution in [0, 0.1) is 17.8 Å². The van der Waals surface area contributed by atoms with Crippen LogP contribution in [0.25, 0.3) is 0 Å². The van der Waals surface area contributed by atoms with Crippen LogP contribution >= 0.6 is 0 Å². The fourth-order valence-electron chi connectivity index (χ4n) is 2.26. The lowest BCUT2D eigenvalue weighted by Crippen LogP contribution is -2.51. The van der Waals surface area contributed by atoms with Crippen LogP contribution in [-0.2, 0) is 14.4 Å². The molecule has 1 aliphatic rings. The van der Waals surface area contributed by atoms with Gasteiger partial charge in [-0.25, -0.2) is 0 Å². The SMILES string of the molecule is CC(C)CN(C=O)C(C(=O)C(=O)NCC1CC1)C(C)C. The lowest BCUT2D eigenvalue weighted by molar-refractivity contribution is -0.144. The predicted molar refractivity (Wildman–Crippen MR) is 77.0 cm³/mol. The third-order valence-electron chi connectivity index (χ3n) is 3.44. The molecule has 1 unspecified atom stereocenters. The Kier molecular flexibility index (Phi) is 6.17. The van der Waals surface area contributed by atoms with Crippen LogP contribution in [0.2, 0.25) is 0 Å². The second kappa shape index (κ2) is 7.41. The monoisotopic (exact) mass is 282 g/mol. The topological polar surface area (TPSA) is 66.5 Å². The second-order valence-electron chi connectivity index (χ2n) is 6.40. The van der Waals surface area contributed by atoms with Crippen molar-refractivity contribution in [2.75, 3.05) is 13.1 Å². The van der Waals surface area contributed by atoms with Crippen molar-refractivity contribution in [3.8, 4) is 0 Å². The Morgan fingerprint density at radius 1 is 1.25 bits per heavy atom. The van der Waals surface area contributed by atoms with Crippen LogP contribution in [-0.4, -0.2) is 42.1 Å². The number of ketones is 1. The number of Topliss-reactive ketones (excluding diaryl/α,β-unsaturated/α-hetero) is 1. The molecule has 0 aliphatic heterocycles. The third-order valence-corrected chi connectivity index (χ3v) is 3.44. The van der Waals surface area contributed by atoms with Crippen molar-refractivity contribution in [3.05, 3.63) is 0 Å². The molecule has 1 atom stereocenters. The van der Waals surface area contributed by atoms with Crippen molar-refractivity contribution in [1.82, 2.24) is 10.2 Å². The van der Waals surface area contributed by atoms with E-state index in [1.165, 1.54) is 4.90 Å². The van der Waals surface area contributed by atoms with Gasteiger partial charge < -0.3 is 10.2 Å². The van der Waals surface area contributed by atoms with Gasteiger partial charge in [-0.1, -0.05) is 27.7 Å². The molecule has 0 heterocycles. The minimum Gasteiger partial charge on any atom is -0.349 e. The van der Waals surface area contributed by atoms with Crippen molar-refractivity contribution >= 4 is 18.1 Å². The molecule has 0 radical (unpaired) electrons.